The number of aromatic nitrogens is 4. The smallest absolute Gasteiger partial charge is 0.169 e. The van der Waals surface area contributed by atoms with Crippen LogP contribution in [0.15, 0.2) is 61.2 Å². The van der Waals surface area contributed by atoms with E-state index in [1.165, 1.54) is 0 Å². The van der Waals surface area contributed by atoms with Crippen LogP contribution < -0.4 is 9.80 Å². The molecule has 0 radical (unpaired) electrons. The van der Waals surface area contributed by atoms with Gasteiger partial charge in [0.15, 0.2) is 5.78 Å². The lowest BCUT2D eigenvalue weighted by Crippen LogP contribution is -2.44. The number of pyridine rings is 4. The normalized spacial score (nSPS) is 14.3. The van der Waals surface area contributed by atoms with E-state index in [1.807, 2.05) is 61.7 Å². The SMILES string of the molecule is CN1CCN(c2cc(C(=O)Cc3cc4cc(-c5ccc(N(C)C)nc5)ncc4cn3)ccn2)CC1. The van der Waals surface area contributed by atoms with Crippen LogP contribution in [0.5, 0.6) is 0 Å². The molecule has 178 valence electrons. The third-order valence-corrected chi connectivity index (χ3v) is 6.40. The topological polar surface area (TPSA) is 78.4 Å². The van der Waals surface area contributed by atoms with Crippen molar-refractivity contribution in [3.8, 4) is 11.3 Å². The van der Waals surface area contributed by atoms with Crippen molar-refractivity contribution in [1.29, 1.82) is 0 Å². The fourth-order valence-electron chi connectivity index (χ4n) is 4.21. The van der Waals surface area contributed by atoms with Gasteiger partial charge in [-0.1, -0.05) is 0 Å². The van der Waals surface area contributed by atoms with Gasteiger partial charge in [0.1, 0.15) is 11.6 Å². The minimum Gasteiger partial charge on any atom is -0.363 e. The Morgan fingerprint density at radius 2 is 1.69 bits per heavy atom. The number of hydrogen-bond donors (Lipinski definition) is 0. The van der Waals surface area contributed by atoms with Gasteiger partial charge in [-0.2, -0.15) is 0 Å². The summed E-state index contributed by atoms with van der Waals surface area (Å²) >= 11 is 0. The Labute approximate surface area is 205 Å². The standard InChI is InChI=1S/C27H29N7O/c1-32(2)26-5-4-20(16-31-26)24-13-21-12-23(29-17-22(21)18-30-24)15-25(35)19-6-7-28-27(14-19)34-10-8-33(3)9-11-34/h4-7,12-14,16-18H,8-11,15H2,1-3H3. The van der Waals surface area contributed by atoms with Crippen LogP contribution in [0.25, 0.3) is 22.0 Å². The van der Waals surface area contributed by atoms with E-state index >= 15 is 0 Å². The van der Waals surface area contributed by atoms with E-state index in [0.717, 1.165) is 65.5 Å². The maximum Gasteiger partial charge on any atom is 0.169 e. The summed E-state index contributed by atoms with van der Waals surface area (Å²) in [5.41, 5.74) is 3.18. The van der Waals surface area contributed by atoms with Crippen molar-refractivity contribution in [3.63, 3.8) is 0 Å². The van der Waals surface area contributed by atoms with Crippen LogP contribution >= 0.6 is 0 Å². The lowest BCUT2D eigenvalue weighted by atomic mass is 10.0. The Bertz CT molecular complexity index is 1350. The maximum atomic E-state index is 13.1. The number of likely N-dealkylation sites (N-methyl/N-ethyl adjacent to an activating group) is 1. The number of carbonyl (C=O) groups excluding carboxylic acids is 1. The third kappa shape index (κ3) is 5.12. The van der Waals surface area contributed by atoms with Crippen molar-refractivity contribution in [2.45, 2.75) is 6.42 Å². The Morgan fingerprint density at radius 3 is 2.43 bits per heavy atom. The summed E-state index contributed by atoms with van der Waals surface area (Å²) in [6.07, 6.45) is 7.39. The molecule has 0 N–H and O–H groups in total. The summed E-state index contributed by atoms with van der Waals surface area (Å²) in [6, 6.07) is 11.7. The molecule has 1 aliphatic rings. The molecule has 1 fully saturated rings. The molecule has 1 saturated heterocycles. The molecule has 8 nitrogen and oxygen atoms in total. The first-order valence-electron chi connectivity index (χ1n) is 11.8. The second kappa shape index (κ2) is 9.76. The molecule has 0 amide bonds. The fraction of sp³-hybridized carbons (Fsp3) is 0.296. The van der Waals surface area contributed by atoms with E-state index in [0.29, 0.717) is 5.56 Å². The van der Waals surface area contributed by atoms with Crippen LogP contribution in [0.1, 0.15) is 16.1 Å². The van der Waals surface area contributed by atoms with Crippen molar-refractivity contribution in [2.75, 3.05) is 57.1 Å². The summed E-state index contributed by atoms with van der Waals surface area (Å²) in [6.45, 7) is 3.81. The van der Waals surface area contributed by atoms with Crippen LogP contribution in [0, 0.1) is 0 Å². The van der Waals surface area contributed by atoms with Crippen LogP contribution in [-0.4, -0.2) is 77.9 Å². The lowest BCUT2D eigenvalue weighted by Gasteiger charge is -2.33. The summed E-state index contributed by atoms with van der Waals surface area (Å²) < 4.78 is 0. The van der Waals surface area contributed by atoms with Gasteiger partial charge < -0.3 is 14.7 Å². The molecule has 0 aromatic carbocycles. The van der Waals surface area contributed by atoms with Gasteiger partial charge in [0, 0.05) is 87.3 Å². The number of piperazine rings is 1. The Hall–Kier alpha value is -3.91. The highest BCUT2D eigenvalue weighted by Crippen LogP contribution is 2.23. The van der Waals surface area contributed by atoms with Gasteiger partial charge in [-0.3, -0.25) is 14.8 Å². The second-order valence-corrected chi connectivity index (χ2v) is 9.18. The molecule has 0 saturated carbocycles. The number of nitrogens with zero attached hydrogens (tertiary/aromatic N) is 7. The number of ketones is 1. The zero-order valence-electron chi connectivity index (χ0n) is 20.3. The van der Waals surface area contributed by atoms with Crippen molar-refractivity contribution in [3.05, 3.63) is 72.4 Å². The number of anilines is 2. The molecule has 4 aromatic heterocycles. The monoisotopic (exact) mass is 467 g/mol. The summed E-state index contributed by atoms with van der Waals surface area (Å²) in [5.74, 6) is 1.79. The van der Waals surface area contributed by atoms with Crippen LogP contribution in [-0.2, 0) is 6.42 Å². The zero-order valence-corrected chi connectivity index (χ0v) is 20.3. The van der Waals surface area contributed by atoms with Crippen LogP contribution in [0.3, 0.4) is 0 Å². The average molecular weight is 468 g/mol. The third-order valence-electron chi connectivity index (χ3n) is 6.40. The molecular formula is C27H29N7O. The first kappa shape index (κ1) is 22.9. The summed E-state index contributed by atoms with van der Waals surface area (Å²) in [7, 11) is 6.05. The Morgan fingerprint density at radius 1 is 0.886 bits per heavy atom. The van der Waals surface area contributed by atoms with Gasteiger partial charge in [0.05, 0.1) is 12.1 Å². The molecule has 0 spiro atoms. The first-order valence-corrected chi connectivity index (χ1v) is 11.8. The van der Waals surface area contributed by atoms with E-state index in [-0.39, 0.29) is 12.2 Å². The first-order chi connectivity index (χ1) is 17.0. The number of Topliss-reactive ketones (excluding diaryl/α,β-unsaturated/α-hetero) is 1. The highest BCUT2D eigenvalue weighted by Gasteiger charge is 2.17. The van der Waals surface area contributed by atoms with Crippen molar-refractivity contribution >= 4 is 28.2 Å². The van der Waals surface area contributed by atoms with E-state index in [2.05, 4.69) is 36.8 Å². The quantitative estimate of drug-likeness (QED) is 0.400. The van der Waals surface area contributed by atoms with E-state index in [4.69, 9.17) is 0 Å². The maximum absolute atomic E-state index is 13.1. The Balaban J connectivity index is 1.34. The largest absolute Gasteiger partial charge is 0.363 e. The highest BCUT2D eigenvalue weighted by atomic mass is 16.1. The van der Waals surface area contributed by atoms with Crippen LogP contribution in [0.4, 0.5) is 11.6 Å². The fourth-order valence-corrected chi connectivity index (χ4v) is 4.21. The average Bonchev–Trinajstić information content (AvgIpc) is 2.89. The molecule has 5 rings (SSSR count). The molecule has 8 heteroatoms. The minimum absolute atomic E-state index is 0.0346. The predicted octanol–water partition coefficient (Wildman–Crippen LogP) is 3.33. The predicted molar refractivity (Wildman–Crippen MR) is 139 cm³/mol. The summed E-state index contributed by atoms with van der Waals surface area (Å²) in [5, 5.41) is 1.93. The number of hydrogen-bond acceptors (Lipinski definition) is 8. The zero-order chi connectivity index (χ0) is 24.4. The molecule has 0 bridgehead atoms. The molecule has 1 aliphatic heterocycles. The van der Waals surface area contributed by atoms with Crippen molar-refractivity contribution < 1.29 is 4.79 Å². The van der Waals surface area contributed by atoms with E-state index in [1.54, 1.807) is 18.5 Å². The Kier molecular flexibility index (Phi) is 6.37. The lowest BCUT2D eigenvalue weighted by molar-refractivity contribution is 0.0992. The van der Waals surface area contributed by atoms with E-state index < -0.39 is 0 Å². The van der Waals surface area contributed by atoms with Gasteiger partial charge in [0.25, 0.3) is 0 Å². The second-order valence-electron chi connectivity index (χ2n) is 9.18. The van der Waals surface area contributed by atoms with Gasteiger partial charge >= 0.3 is 0 Å². The van der Waals surface area contributed by atoms with Gasteiger partial charge in [0.2, 0.25) is 0 Å². The molecule has 35 heavy (non-hydrogen) atoms. The van der Waals surface area contributed by atoms with Crippen LogP contribution in [0.2, 0.25) is 0 Å². The minimum atomic E-state index is 0.0346. The van der Waals surface area contributed by atoms with Gasteiger partial charge in [-0.25, -0.2) is 9.97 Å². The molecule has 0 unspecified atom stereocenters. The number of rotatable bonds is 6. The number of fused-ring (bicyclic) bond motifs is 1. The van der Waals surface area contributed by atoms with Crippen molar-refractivity contribution in [1.82, 2.24) is 24.8 Å². The van der Waals surface area contributed by atoms with E-state index in [9.17, 15) is 4.79 Å². The molecule has 4 aromatic rings. The molecule has 0 aliphatic carbocycles. The molecule has 5 heterocycles. The van der Waals surface area contributed by atoms with Crippen molar-refractivity contribution in [2.24, 2.45) is 0 Å². The number of carbonyl (C=O) groups is 1. The highest BCUT2D eigenvalue weighted by molar-refractivity contribution is 5.98. The summed E-state index contributed by atoms with van der Waals surface area (Å²) in [4.78, 5) is 37.7. The van der Waals surface area contributed by atoms with Gasteiger partial charge in [-0.05, 0) is 48.8 Å². The van der Waals surface area contributed by atoms with Gasteiger partial charge in [-0.15, -0.1) is 0 Å². The molecule has 0 atom stereocenters. The molecular weight excluding hydrogens is 438 g/mol.